The van der Waals surface area contributed by atoms with Crippen molar-refractivity contribution >= 4 is 33.3 Å². The van der Waals surface area contributed by atoms with Gasteiger partial charge in [0.1, 0.15) is 11.5 Å². The van der Waals surface area contributed by atoms with E-state index in [4.69, 9.17) is 4.98 Å². The first-order valence-corrected chi connectivity index (χ1v) is 9.81. The second-order valence-corrected chi connectivity index (χ2v) is 8.81. The summed E-state index contributed by atoms with van der Waals surface area (Å²) in [5, 5.41) is 12.2. The van der Waals surface area contributed by atoms with Gasteiger partial charge in [-0.05, 0) is 36.1 Å². The third-order valence-corrected chi connectivity index (χ3v) is 5.54. The first kappa shape index (κ1) is 18.4. The standard InChI is InChI=1S/C20H22N6OS/c1-12-10-17(23-18(27)15-8-9-21-25(15)5)26(24-12)19-22-14-7-6-13(20(2,3)4)11-16(14)28-19/h6-11H,1-5H3,(H,23,27). The van der Waals surface area contributed by atoms with Crippen LogP contribution in [0.1, 0.15) is 42.5 Å². The Kier molecular flexibility index (Phi) is 4.30. The van der Waals surface area contributed by atoms with E-state index < -0.39 is 0 Å². The minimum atomic E-state index is -0.239. The fourth-order valence-corrected chi connectivity index (χ4v) is 3.95. The number of rotatable bonds is 3. The smallest absolute Gasteiger partial charge is 0.275 e. The van der Waals surface area contributed by atoms with E-state index in [0.29, 0.717) is 11.5 Å². The molecule has 1 aromatic carbocycles. The Labute approximate surface area is 167 Å². The van der Waals surface area contributed by atoms with Crippen LogP contribution >= 0.6 is 11.3 Å². The topological polar surface area (TPSA) is 77.6 Å². The zero-order valence-corrected chi connectivity index (χ0v) is 17.3. The predicted molar refractivity (Wildman–Crippen MR) is 111 cm³/mol. The molecule has 4 rings (SSSR count). The summed E-state index contributed by atoms with van der Waals surface area (Å²) in [4.78, 5) is 17.3. The summed E-state index contributed by atoms with van der Waals surface area (Å²) in [6.45, 7) is 8.47. The average Bonchev–Trinajstić information content (AvgIpc) is 3.31. The molecule has 0 saturated heterocycles. The van der Waals surface area contributed by atoms with Gasteiger partial charge < -0.3 is 5.32 Å². The predicted octanol–water partition coefficient (Wildman–Crippen LogP) is 4.07. The van der Waals surface area contributed by atoms with Crippen LogP contribution in [-0.4, -0.2) is 30.5 Å². The molecule has 3 aromatic heterocycles. The van der Waals surface area contributed by atoms with E-state index in [1.807, 2.05) is 19.1 Å². The van der Waals surface area contributed by atoms with Gasteiger partial charge in [-0.1, -0.05) is 38.2 Å². The van der Waals surface area contributed by atoms with E-state index >= 15 is 0 Å². The molecule has 7 nitrogen and oxygen atoms in total. The lowest BCUT2D eigenvalue weighted by atomic mass is 9.87. The van der Waals surface area contributed by atoms with E-state index in [1.54, 1.807) is 35.3 Å². The molecule has 4 aromatic rings. The van der Waals surface area contributed by atoms with Gasteiger partial charge in [0.25, 0.3) is 5.91 Å². The number of carbonyl (C=O) groups is 1. The Morgan fingerprint density at radius 3 is 2.64 bits per heavy atom. The second kappa shape index (κ2) is 6.56. The molecule has 28 heavy (non-hydrogen) atoms. The second-order valence-electron chi connectivity index (χ2n) is 7.81. The fraction of sp³-hybridized carbons (Fsp3) is 0.300. The van der Waals surface area contributed by atoms with E-state index in [2.05, 4.69) is 48.4 Å². The minimum Gasteiger partial charge on any atom is -0.305 e. The summed E-state index contributed by atoms with van der Waals surface area (Å²) in [6.07, 6.45) is 1.60. The van der Waals surface area contributed by atoms with Gasteiger partial charge in [-0.25, -0.2) is 4.98 Å². The lowest BCUT2D eigenvalue weighted by Crippen LogP contribution is -2.18. The summed E-state index contributed by atoms with van der Waals surface area (Å²) in [5.74, 6) is 0.344. The fourth-order valence-electron chi connectivity index (χ4n) is 2.98. The van der Waals surface area contributed by atoms with Crippen LogP contribution in [0.4, 0.5) is 5.82 Å². The highest BCUT2D eigenvalue weighted by atomic mass is 32.1. The van der Waals surface area contributed by atoms with Gasteiger partial charge in [0, 0.05) is 19.3 Å². The molecule has 144 valence electrons. The molecule has 1 amide bonds. The molecule has 0 aliphatic carbocycles. The number of nitrogens with one attached hydrogen (secondary N) is 1. The number of amides is 1. The largest absolute Gasteiger partial charge is 0.305 e. The number of anilines is 1. The Hall–Kier alpha value is -3.00. The summed E-state index contributed by atoms with van der Waals surface area (Å²) < 4.78 is 4.32. The van der Waals surface area contributed by atoms with Gasteiger partial charge in [0.2, 0.25) is 5.13 Å². The van der Waals surface area contributed by atoms with E-state index in [9.17, 15) is 4.79 Å². The molecule has 0 fully saturated rings. The number of hydrogen-bond acceptors (Lipinski definition) is 5. The summed E-state index contributed by atoms with van der Waals surface area (Å²) in [7, 11) is 1.73. The van der Waals surface area contributed by atoms with Crippen LogP contribution in [0, 0.1) is 6.92 Å². The van der Waals surface area contributed by atoms with Crippen molar-refractivity contribution in [3.8, 4) is 5.13 Å². The normalized spacial score (nSPS) is 11.9. The van der Waals surface area contributed by atoms with Crippen LogP contribution in [0.3, 0.4) is 0 Å². The zero-order valence-electron chi connectivity index (χ0n) is 16.5. The molecule has 0 radical (unpaired) electrons. The molecule has 3 heterocycles. The molecular formula is C20H22N6OS. The lowest BCUT2D eigenvalue weighted by Gasteiger charge is -2.18. The molecule has 0 saturated carbocycles. The quantitative estimate of drug-likeness (QED) is 0.568. The average molecular weight is 395 g/mol. The lowest BCUT2D eigenvalue weighted by molar-refractivity contribution is 0.101. The molecule has 8 heteroatoms. The van der Waals surface area contributed by atoms with Crippen molar-refractivity contribution in [2.75, 3.05) is 5.32 Å². The highest BCUT2D eigenvalue weighted by molar-refractivity contribution is 7.20. The van der Waals surface area contributed by atoms with Crippen molar-refractivity contribution in [2.24, 2.45) is 7.05 Å². The zero-order chi connectivity index (χ0) is 20.1. The van der Waals surface area contributed by atoms with Crippen molar-refractivity contribution in [3.63, 3.8) is 0 Å². The maximum atomic E-state index is 12.6. The molecule has 0 bridgehead atoms. The molecular weight excluding hydrogens is 372 g/mol. The van der Waals surface area contributed by atoms with Crippen molar-refractivity contribution < 1.29 is 4.79 Å². The summed E-state index contributed by atoms with van der Waals surface area (Å²) in [6, 6.07) is 9.85. The highest BCUT2D eigenvalue weighted by Crippen LogP contribution is 2.31. The monoisotopic (exact) mass is 394 g/mol. The van der Waals surface area contributed by atoms with Gasteiger partial charge in [0.05, 0.1) is 15.9 Å². The van der Waals surface area contributed by atoms with Crippen LogP contribution in [-0.2, 0) is 12.5 Å². The van der Waals surface area contributed by atoms with E-state index in [0.717, 1.165) is 21.0 Å². The molecule has 0 aliphatic heterocycles. The Balaban J connectivity index is 1.72. The van der Waals surface area contributed by atoms with Gasteiger partial charge in [-0.2, -0.15) is 14.9 Å². The van der Waals surface area contributed by atoms with Gasteiger partial charge in [0.15, 0.2) is 0 Å². The van der Waals surface area contributed by atoms with Crippen molar-refractivity contribution in [2.45, 2.75) is 33.1 Å². The number of hydrogen-bond donors (Lipinski definition) is 1. The van der Waals surface area contributed by atoms with Crippen LogP contribution < -0.4 is 5.32 Å². The van der Waals surface area contributed by atoms with Gasteiger partial charge in [-0.15, -0.1) is 0 Å². The molecule has 0 aliphatic rings. The summed E-state index contributed by atoms with van der Waals surface area (Å²) in [5.41, 5.74) is 3.53. The molecule has 0 unspecified atom stereocenters. The SMILES string of the molecule is Cc1cc(NC(=O)c2ccnn2C)n(-c2nc3ccc(C(C)(C)C)cc3s2)n1. The third-order valence-electron chi connectivity index (χ3n) is 4.55. The number of benzene rings is 1. The third kappa shape index (κ3) is 3.31. The first-order chi connectivity index (χ1) is 13.2. The van der Waals surface area contributed by atoms with Crippen LogP contribution in [0.5, 0.6) is 0 Å². The van der Waals surface area contributed by atoms with Crippen molar-refractivity contribution in [3.05, 3.63) is 53.5 Å². The maximum Gasteiger partial charge on any atom is 0.275 e. The number of aryl methyl sites for hydroxylation is 2. The van der Waals surface area contributed by atoms with Crippen LogP contribution in [0.15, 0.2) is 36.5 Å². The Morgan fingerprint density at radius 1 is 1.18 bits per heavy atom. The van der Waals surface area contributed by atoms with E-state index in [-0.39, 0.29) is 11.3 Å². The number of thiazole rings is 1. The highest BCUT2D eigenvalue weighted by Gasteiger charge is 2.19. The van der Waals surface area contributed by atoms with E-state index in [1.165, 1.54) is 10.2 Å². The molecule has 0 spiro atoms. The van der Waals surface area contributed by atoms with Gasteiger partial charge >= 0.3 is 0 Å². The van der Waals surface area contributed by atoms with Crippen molar-refractivity contribution in [1.82, 2.24) is 24.5 Å². The number of carbonyl (C=O) groups excluding carboxylic acids is 1. The molecule has 1 N–H and O–H groups in total. The number of nitrogens with zero attached hydrogens (tertiary/aromatic N) is 5. The number of fused-ring (bicyclic) bond motifs is 1. The maximum absolute atomic E-state index is 12.6. The minimum absolute atomic E-state index is 0.0723. The first-order valence-electron chi connectivity index (χ1n) is 9.00. The van der Waals surface area contributed by atoms with Crippen LogP contribution in [0.25, 0.3) is 15.3 Å². The van der Waals surface area contributed by atoms with Gasteiger partial charge in [-0.3, -0.25) is 9.48 Å². The molecule has 0 atom stereocenters. The van der Waals surface area contributed by atoms with Crippen LogP contribution in [0.2, 0.25) is 0 Å². The summed E-state index contributed by atoms with van der Waals surface area (Å²) >= 11 is 1.56. The Morgan fingerprint density at radius 2 is 1.96 bits per heavy atom. The Bertz CT molecular complexity index is 1180. The number of aromatic nitrogens is 5. The van der Waals surface area contributed by atoms with Crippen molar-refractivity contribution in [1.29, 1.82) is 0 Å².